The number of benzene rings is 1. The van der Waals surface area contributed by atoms with Crippen LogP contribution in [0.5, 0.6) is 11.5 Å². The van der Waals surface area contributed by atoms with Crippen LogP contribution in [0.2, 0.25) is 5.15 Å². The Bertz CT molecular complexity index is 690. The van der Waals surface area contributed by atoms with Crippen LogP contribution in [0.15, 0.2) is 35.7 Å². The smallest absolute Gasteiger partial charge is 0.162 e. The summed E-state index contributed by atoms with van der Waals surface area (Å²) in [6, 6.07) is 7.31. The first-order valence-corrected chi connectivity index (χ1v) is 6.78. The van der Waals surface area contributed by atoms with Gasteiger partial charge in [0, 0.05) is 11.6 Å². The topological polar surface area (TPSA) is 68.6 Å². The number of nitrogens with zero attached hydrogens (tertiary/aromatic N) is 3. The Morgan fingerprint density at radius 3 is 2.81 bits per heavy atom. The number of fused-ring (bicyclic) bond motifs is 1. The standard InChI is InChI=1S/C14H13ClN4O2/c1-9(18-19-14-7-13(15)16-8-17-14)10-2-3-11-12(6-10)21-5-4-20-11/h2-3,6-8H,4-5H2,1H3,(H,16,17,19)/b18-9+. The number of aromatic nitrogens is 2. The van der Waals surface area contributed by atoms with Crippen molar-refractivity contribution in [3.05, 3.63) is 41.3 Å². The van der Waals surface area contributed by atoms with Crippen LogP contribution in [0.4, 0.5) is 5.82 Å². The van der Waals surface area contributed by atoms with Gasteiger partial charge in [-0.3, -0.25) is 5.43 Å². The van der Waals surface area contributed by atoms with Gasteiger partial charge in [-0.05, 0) is 25.1 Å². The molecule has 21 heavy (non-hydrogen) atoms. The molecule has 0 unspecified atom stereocenters. The predicted octanol–water partition coefficient (Wildman–Crippen LogP) is 2.74. The van der Waals surface area contributed by atoms with Gasteiger partial charge in [-0.1, -0.05) is 11.6 Å². The van der Waals surface area contributed by atoms with Gasteiger partial charge in [0.15, 0.2) is 17.3 Å². The lowest BCUT2D eigenvalue weighted by atomic mass is 10.1. The molecule has 3 rings (SSSR count). The minimum absolute atomic E-state index is 0.361. The third kappa shape index (κ3) is 3.22. The fraction of sp³-hybridized carbons (Fsp3) is 0.214. The molecule has 0 saturated heterocycles. The van der Waals surface area contributed by atoms with Crippen molar-refractivity contribution >= 4 is 23.1 Å². The van der Waals surface area contributed by atoms with Crippen molar-refractivity contribution in [3.8, 4) is 11.5 Å². The SMILES string of the molecule is C/C(=N\Nc1cc(Cl)ncn1)c1ccc2c(c1)OCCO2. The van der Waals surface area contributed by atoms with E-state index in [0.717, 1.165) is 22.8 Å². The number of nitrogens with one attached hydrogen (secondary N) is 1. The molecule has 0 amide bonds. The molecule has 0 spiro atoms. The molecule has 0 fully saturated rings. The van der Waals surface area contributed by atoms with Crippen molar-refractivity contribution in [2.24, 2.45) is 5.10 Å². The quantitative estimate of drug-likeness (QED) is 0.536. The lowest BCUT2D eigenvalue weighted by Gasteiger charge is -2.18. The fourth-order valence-corrected chi connectivity index (χ4v) is 2.02. The van der Waals surface area contributed by atoms with Gasteiger partial charge in [0.05, 0.1) is 5.71 Å². The van der Waals surface area contributed by atoms with Crippen LogP contribution >= 0.6 is 11.6 Å². The van der Waals surface area contributed by atoms with Crippen molar-refractivity contribution < 1.29 is 9.47 Å². The van der Waals surface area contributed by atoms with Gasteiger partial charge < -0.3 is 9.47 Å². The van der Waals surface area contributed by atoms with E-state index in [-0.39, 0.29) is 0 Å². The third-order valence-corrected chi connectivity index (χ3v) is 3.14. The van der Waals surface area contributed by atoms with E-state index in [2.05, 4.69) is 20.5 Å². The van der Waals surface area contributed by atoms with Gasteiger partial charge in [-0.2, -0.15) is 5.10 Å². The summed E-state index contributed by atoms with van der Waals surface area (Å²) in [5.74, 6) is 2.03. The number of hydrogen-bond acceptors (Lipinski definition) is 6. The van der Waals surface area contributed by atoms with E-state index in [9.17, 15) is 0 Å². The Kier molecular flexibility index (Phi) is 3.87. The summed E-state index contributed by atoms with van der Waals surface area (Å²) in [6.45, 7) is 3.03. The third-order valence-electron chi connectivity index (χ3n) is 2.93. The maximum atomic E-state index is 5.79. The predicted molar refractivity (Wildman–Crippen MR) is 80.3 cm³/mol. The van der Waals surface area contributed by atoms with Crippen LogP contribution < -0.4 is 14.9 Å². The summed E-state index contributed by atoms with van der Waals surface area (Å²) >= 11 is 5.79. The highest BCUT2D eigenvalue weighted by molar-refractivity contribution is 6.29. The van der Waals surface area contributed by atoms with Crippen LogP contribution in [0.3, 0.4) is 0 Å². The van der Waals surface area contributed by atoms with Crippen LogP contribution in [-0.2, 0) is 0 Å². The van der Waals surface area contributed by atoms with E-state index < -0.39 is 0 Å². The van der Waals surface area contributed by atoms with Crippen molar-refractivity contribution in [1.29, 1.82) is 0 Å². The Morgan fingerprint density at radius 2 is 2.00 bits per heavy atom. The number of anilines is 1. The molecule has 2 aromatic rings. The number of hydrazone groups is 1. The van der Waals surface area contributed by atoms with Crippen molar-refractivity contribution in [2.45, 2.75) is 6.92 Å². The maximum Gasteiger partial charge on any atom is 0.162 e. The minimum atomic E-state index is 0.361. The van der Waals surface area contributed by atoms with E-state index in [0.29, 0.717) is 24.2 Å². The van der Waals surface area contributed by atoms with Crippen molar-refractivity contribution in [2.75, 3.05) is 18.6 Å². The molecule has 108 valence electrons. The van der Waals surface area contributed by atoms with Gasteiger partial charge in [0.1, 0.15) is 24.7 Å². The van der Waals surface area contributed by atoms with Crippen molar-refractivity contribution in [1.82, 2.24) is 9.97 Å². The molecule has 0 aliphatic carbocycles. The monoisotopic (exact) mass is 304 g/mol. The molecule has 7 heteroatoms. The number of rotatable bonds is 3. The first kappa shape index (κ1) is 13.6. The van der Waals surface area contributed by atoms with Crippen LogP contribution in [-0.4, -0.2) is 28.9 Å². The molecule has 0 atom stereocenters. The second-order valence-electron chi connectivity index (χ2n) is 4.39. The first-order valence-electron chi connectivity index (χ1n) is 6.40. The van der Waals surface area contributed by atoms with E-state index >= 15 is 0 Å². The second-order valence-corrected chi connectivity index (χ2v) is 4.78. The lowest BCUT2D eigenvalue weighted by Crippen LogP contribution is -2.15. The van der Waals surface area contributed by atoms with Gasteiger partial charge in [-0.25, -0.2) is 9.97 Å². The van der Waals surface area contributed by atoms with Gasteiger partial charge in [0.2, 0.25) is 0 Å². The average Bonchev–Trinajstić information content (AvgIpc) is 2.52. The molecule has 2 heterocycles. The molecule has 0 radical (unpaired) electrons. The molecule has 0 saturated carbocycles. The fourth-order valence-electron chi connectivity index (χ4n) is 1.87. The summed E-state index contributed by atoms with van der Waals surface area (Å²) in [7, 11) is 0. The maximum absolute atomic E-state index is 5.79. The molecule has 1 aromatic carbocycles. The summed E-state index contributed by atoms with van der Waals surface area (Å²) in [5.41, 5.74) is 4.57. The molecule has 1 aliphatic heterocycles. The van der Waals surface area contributed by atoms with E-state index in [1.807, 2.05) is 25.1 Å². The minimum Gasteiger partial charge on any atom is -0.486 e. The zero-order valence-corrected chi connectivity index (χ0v) is 12.1. The number of halogens is 1. The average molecular weight is 305 g/mol. The van der Waals surface area contributed by atoms with Crippen molar-refractivity contribution in [3.63, 3.8) is 0 Å². The number of hydrogen-bond donors (Lipinski definition) is 1. The van der Waals surface area contributed by atoms with Crippen LogP contribution in [0.1, 0.15) is 12.5 Å². The van der Waals surface area contributed by atoms with E-state index in [1.165, 1.54) is 6.33 Å². The largest absolute Gasteiger partial charge is 0.486 e. The Hall–Kier alpha value is -2.34. The first-order chi connectivity index (χ1) is 10.2. The molecule has 1 N–H and O–H groups in total. The van der Waals surface area contributed by atoms with E-state index in [1.54, 1.807) is 6.07 Å². The summed E-state index contributed by atoms with van der Waals surface area (Å²) < 4.78 is 11.0. The normalized spacial score (nSPS) is 13.9. The highest BCUT2D eigenvalue weighted by Gasteiger charge is 2.12. The molecular formula is C14H13ClN4O2. The Balaban J connectivity index is 1.78. The second kappa shape index (κ2) is 5.97. The van der Waals surface area contributed by atoms with Crippen LogP contribution in [0, 0.1) is 0 Å². The van der Waals surface area contributed by atoms with Gasteiger partial charge >= 0.3 is 0 Å². The summed E-state index contributed by atoms with van der Waals surface area (Å²) in [4.78, 5) is 7.83. The number of ether oxygens (including phenoxy) is 2. The molecule has 0 bridgehead atoms. The van der Waals surface area contributed by atoms with Gasteiger partial charge in [0.25, 0.3) is 0 Å². The lowest BCUT2D eigenvalue weighted by molar-refractivity contribution is 0.171. The molecule has 1 aromatic heterocycles. The Morgan fingerprint density at radius 1 is 1.19 bits per heavy atom. The highest BCUT2D eigenvalue weighted by Crippen LogP contribution is 2.30. The summed E-state index contributed by atoms with van der Waals surface area (Å²) in [5, 5.41) is 4.64. The zero-order valence-electron chi connectivity index (χ0n) is 11.3. The van der Waals surface area contributed by atoms with E-state index in [4.69, 9.17) is 21.1 Å². The summed E-state index contributed by atoms with van der Waals surface area (Å²) in [6.07, 6.45) is 1.37. The molecule has 6 nitrogen and oxygen atoms in total. The Labute approximate surface area is 126 Å². The van der Waals surface area contributed by atoms with Crippen LogP contribution in [0.25, 0.3) is 0 Å². The zero-order chi connectivity index (χ0) is 14.7. The molecular weight excluding hydrogens is 292 g/mol. The van der Waals surface area contributed by atoms with Gasteiger partial charge in [-0.15, -0.1) is 0 Å². The highest BCUT2D eigenvalue weighted by atomic mass is 35.5. The molecule has 1 aliphatic rings.